The van der Waals surface area contributed by atoms with E-state index in [1.54, 1.807) is 144 Å². The van der Waals surface area contributed by atoms with Crippen LogP contribution in [-0.2, 0) is 119 Å². The lowest BCUT2D eigenvalue weighted by atomic mass is 9.71. The Morgan fingerprint density at radius 2 is 0.774 bits per heavy atom. The van der Waals surface area contributed by atoms with Crippen LogP contribution >= 0.6 is 0 Å². The normalized spacial score (nSPS) is 48.6. The molecule has 37 atom stereocenters. The molecule has 124 heavy (non-hydrogen) atoms. The summed E-state index contributed by atoms with van der Waals surface area (Å²) >= 11 is 0. The van der Waals surface area contributed by atoms with Gasteiger partial charge in [-0.15, -0.1) is 0 Å². The van der Waals surface area contributed by atoms with Crippen molar-refractivity contribution in [2.75, 3.05) is 0 Å². The minimum atomic E-state index is -2.42. The zero-order chi connectivity index (χ0) is 93.3. The second-order valence-electron chi connectivity index (χ2n) is 40.7. The zero-order valence-corrected chi connectivity index (χ0v) is 76.4. The number of ketones is 1. The van der Waals surface area contributed by atoms with Gasteiger partial charge in [-0.1, -0.05) is 67.5 Å². The number of Topliss-reactive ketones (excluding diaryl/α,β-unsaturated/α-hetero) is 1. The molecule has 8 saturated carbocycles. The first-order valence-corrected chi connectivity index (χ1v) is 43.8. The summed E-state index contributed by atoms with van der Waals surface area (Å²) in [5, 5.41) is 103. The SMILES string of the molecule is C/C=C(/C)C(=O)O[C@@H]1C[C@H]2[C@@H]([C@H]1C)[C@@H]1OC(=O)[C@@](C)(O)[C@@]1(O)C(OC(=O)[C@@H](C)CC)C[C@]2(C)OC(C)=O.C/C=C(/C)C(=O)O[C@H]1C[C@H]2[C@@H]([C@H]1C)[C@@H]1OC(=O)[C@@](C)(O)[C@@]1(O)C(OC(=O)[C@@H](C)CC)C[C@]2(C)OC(C)=O.C[C@@H]1[C@@H]2[C@H](C[C@@H]1O)[C@@](C)(O)CC1OC(C)(C)O[C@]3(C)C(=O)O[C@@H]2[C@]13O.C[C@H]1C(=O)C[C@H]2[C@@H]1[C@@H]1OC(=O)[C@@]3(C)OC(C)(C)OC(C[C@]2(C)O)[C@@]13O. The quantitative estimate of drug-likeness (QED) is 0.0676. The lowest BCUT2D eigenvalue weighted by molar-refractivity contribution is -0.384. The molecule has 0 bridgehead atoms. The van der Waals surface area contributed by atoms with Crippen molar-refractivity contribution in [2.24, 2.45) is 82.9 Å². The number of fused-ring (bicyclic) bond motifs is 10. The highest BCUT2D eigenvalue weighted by Gasteiger charge is 2.83. The summed E-state index contributed by atoms with van der Waals surface area (Å²) in [6.07, 6.45) is -5.72. The first-order chi connectivity index (χ1) is 56.8. The standard InChI is InChI=1S/2C27H40O10.C18H28O7.C18H26O7/c2*1-9-13(3)22(29)34-18-11-17-20(15(18)5)21-27(33,26(8,32)24(31)36-21)19(35-23(30)14(4)10-2)12-25(17,7)37-16(6)28;2*1-8-10(19)6-9-12(8)13-18(22)11(7-16(9,4)21)24-15(2,3)25-17(18,5)14(20)23-13/h2*9,14-15,17-21,32-33H,10-12H2,1-8H3;8-13,19,21-22H,6-7H2,1-5H3;8-9,11-13,21-22H,6-7H2,1-5H3/b2*13-9-;;/t14-,15-,17-,18+,19?,20+,21-,25-,26+,27+;14-,15-,17-,18-,19?,20+,21-,25-,26+,27+;8-,9-,10-,11?,12+,13-,16-,17+,18+;8-,9-,11?,12+,13-,16-,17+,18+/m0000/s1. The monoisotopic (exact) mass is 1760 g/mol. The maximum atomic E-state index is 12.9. The van der Waals surface area contributed by atoms with Crippen molar-refractivity contribution in [3.05, 3.63) is 23.3 Å². The molecule has 6 heterocycles. The molecule has 0 aromatic heterocycles. The number of carbonyl (C=O) groups is 11. The van der Waals surface area contributed by atoms with Crippen LogP contribution in [0.2, 0.25) is 0 Å². The fourth-order valence-corrected chi connectivity index (χ4v) is 23.8. The van der Waals surface area contributed by atoms with Crippen molar-refractivity contribution < 1.29 is 165 Å². The number of allylic oxidation sites excluding steroid dienone is 2. The van der Waals surface area contributed by atoms with Crippen LogP contribution in [0.1, 0.15) is 244 Å². The fraction of sp³-hybridized carbons (Fsp3) is 0.833. The third-order valence-corrected chi connectivity index (χ3v) is 31.8. The summed E-state index contributed by atoms with van der Waals surface area (Å²) < 4.78 is 81.1. The van der Waals surface area contributed by atoms with E-state index in [9.17, 15) is 98.7 Å². The molecular weight excluding hydrogens is 1620 g/mol. The van der Waals surface area contributed by atoms with Gasteiger partial charge in [0, 0.05) is 116 Å². The second kappa shape index (κ2) is 32.8. The molecule has 6 aliphatic heterocycles. The van der Waals surface area contributed by atoms with E-state index in [-0.39, 0.29) is 68.5 Å². The van der Waals surface area contributed by atoms with Crippen molar-refractivity contribution in [1.82, 2.24) is 0 Å². The van der Waals surface area contributed by atoms with Gasteiger partial charge in [0.1, 0.15) is 65.8 Å². The molecule has 4 unspecified atom stereocenters. The number of aliphatic hydroxyl groups is 9. The van der Waals surface area contributed by atoms with Gasteiger partial charge in [-0.2, -0.15) is 0 Å². The van der Waals surface area contributed by atoms with Crippen molar-refractivity contribution in [2.45, 2.75) is 390 Å². The van der Waals surface area contributed by atoms with Crippen LogP contribution < -0.4 is 0 Å². The van der Waals surface area contributed by atoms with E-state index in [0.717, 1.165) is 13.8 Å². The largest absolute Gasteiger partial charge is 0.459 e. The Hall–Kier alpha value is -6.67. The number of esters is 10. The van der Waals surface area contributed by atoms with Crippen molar-refractivity contribution in [1.29, 1.82) is 0 Å². The summed E-state index contributed by atoms with van der Waals surface area (Å²) in [6.45, 7) is 42.2. The van der Waals surface area contributed by atoms with Crippen LogP contribution in [0.4, 0.5) is 0 Å². The molecular formula is C90H134O34. The average Bonchev–Trinajstić information content (AvgIpc) is 1.58. The third kappa shape index (κ3) is 15.4. The first-order valence-electron chi connectivity index (χ1n) is 43.8. The number of ether oxygens (including phenoxy) is 14. The van der Waals surface area contributed by atoms with E-state index in [0.29, 0.717) is 30.4 Å². The van der Waals surface area contributed by atoms with Crippen LogP contribution in [0.5, 0.6) is 0 Å². The molecule has 14 fully saturated rings. The topological polar surface area (TPSA) is 499 Å². The zero-order valence-electron chi connectivity index (χ0n) is 76.4. The van der Waals surface area contributed by atoms with E-state index in [1.807, 2.05) is 6.92 Å². The molecule has 8 aliphatic carbocycles. The number of aliphatic hydroxyl groups excluding tert-OH is 1. The number of rotatable bonds is 12. The summed E-state index contributed by atoms with van der Waals surface area (Å²) in [5.41, 5.74) is -20.3. The lowest BCUT2D eigenvalue weighted by Crippen LogP contribution is -2.72. The van der Waals surface area contributed by atoms with Crippen molar-refractivity contribution in [3.8, 4) is 0 Å². The van der Waals surface area contributed by atoms with E-state index in [2.05, 4.69) is 0 Å². The van der Waals surface area contributed by atoms with Crippen LogP contribution in [0, 0.1) is 82.9 Å². The Labute approximate surface area is 723 Å². The third-order valence-electron chi connectivity index (χ3n) is 31.8. The molecule has 0 spiro atoms. The lowest BCUT2D eigenvalue weighted by Gasteiger charge is -2.52. The van der Waals surface area contributed by atoms with Crippen molar-refractivity contribution in [3.63, 3.8) is 0 Å². The van der Waals surface area contributed by atoms with Gasteiger partial charge in [-0.25, -0.2) is 28.8 Å². The van der Waals surface area contributed by atoms with Crippen molar-refractivity contribution >= 4 is 65.5 Å². The Morgan fingerprint density at radius 3 is 1.12 bits per heavy atom. The predicted octanol–water partition coefficient (Wildman–Crippen LogP) is 5.35. The molecule has 0 radical (unpaired) electrons. The molecule has 0 aromatic rings. The van der Waals surface area contributed by atoms with E-state index in [1.165, 1.54) is 27.7 Å². The summed E-state index contributed by atoms with van der Waals surface area (Å²) in [5.74, 6) is -15.6. The maximum Gasteiger partial charge on any atom is 0.341 e. The minimum absolute atomic E-state index is 0.0138. The van der Waals surface area contributed by atoms with Gasteiger partial charge in [-0.05, 0) is 155 Å². The molecule has 34 heteroatoms. The highest BCUT2D eigenvalue weighted by Crippen LogP contribution is 2.66. The second-order valence-corrected chi connectivity index (χ2v) is 40.7. The molecule has 698 valence electrons. The first kappa shape index (κ1) is 97.9. The summed E-state index contributed by atoms with van der Waals surface area (Å²) in [7, 11) is 0. The van der Waals surface area contributed by atoms with E-state index < -0.39 is 271 Å². The number of hydrogen-bond acceptors (Lipinski definition) is 34. The van der Waals surface area contributed by atoms with Crippen LogP contribution in [0.15, 0.2) is 23.3 Å². The Kier molecular flexibility index (Phi) is 25.9. The molecule has 0 amide bonds. The van der Waals surface area contributed by atoms with Gasteiger partial charge in [0.15, 0.2) is 56.4 Å². The predicted molar refractivity (Wildman–Crippen MR) is 429 cm³/mol. The van der Waals surface area contributed by atoms with Gasteiger partial charge < -0.3 is 112 Å². The summed E-state index contributed by atoms with van der Waals surface area (Å²) in [6, 6.07) is 0. The van der Waals surface area contributed by atoms with Gasteiger partial charge in [0.2, 0.25) is 0 Å². The molecule has 14 aliphatic rings. The molecule has 0 aromatic carbocycles. The van der Waals surface area contributed by atoms with Gasteiger partial charge >= 0.3 is 59.7 Å². The van der Waals surface area contributed by atoms with Crippen LogP contribution in [0.25, 0.3) is 0 Å². The molecule has 34 nitrogen and oxygen atoms in total. The molecule has 14 rings (SSSR count). The molecule has 9 N–H and O–H groups in total. The minimum Gasteiger partial charge on any atom is -0.459 e. The van der Waals surface area contributed by atoms with Gasteiger partial charge in [0.05, 0.1) is 41.3 Å². The van der Waals surface area contributed by atoms with Gasteiger partial charge in [0.25, 0.3) is 0 Å². The fourth-order valence-electron chi connectivity index (χ4n) is 23.8. The highest BCUT2D eigenvalue weighted by molar-refractivity contribution is 5.90. The van der Waals surface area contributed by atoms with E-state index in [4.69, 9.17) is 66.3 Å². The van der Waals surface area contributed by atoms with E-state index >= 15 is 0 Å². The Bertz CT molecular complexity index is 4140. The number of hydrogen-bond donors (Lipinski definition) is 9. The molecule has 6 saturated heterocycles. The maximum absolute atomic E-state index is 12.9. The number of carbonyl (C=O) groups excluding carboxylic acids is 11. The van der Waals surface area contributed by atoms with Crippen LogP contribution in [-0.4, -0.2) is 257 Å². The summed E-state index contributed by atoms with van der Waals surface area (Å²) in [4.78, 5) is 139. The Morgan fingerprint density at radius 1 is 0.444 bits per heavy atom. The highest BCUT2D eigenvalue weighted by atomic mass is 16.8. The van der Waals surface area contributed by atoms with Gasteiger partial charge in [-0.3, -0.25) is 24.0 Å². The Balaban J connectivity index is 0.000000163. The average molecular weight is 1760 g/mol. The smallest absolute Gasteiger partial charge is 0.341 e. The van der Waals surface area contributed by atoms with Crippen LogP contribution in [0.3, 0.4) is 0 Å².